The lowest BCUT2D eigenvalue weighted by molar-refractivity contribution is -0.150. The minimum atomic E-state index is -1.24. The molecule has 0 aromatic carbocycles. The van der Waals surface area contributed by atoms with E-state index in [0.717, 1.165) is 11.8 Å². The highest BCUT2D eigenvalue weighted by atomic mass is 32.2. The van der Waals surface area contributed by atoms with E-state index in [9.17, 15) is 24.3 Å². The van der Waals surface area contributed by atoms with Crippen LogP contribution in [0.2, 0.25) is 0 Å². The molecular formula is C18H18N6O6S3. The van der Waals surface area contributed by atoms with Crippen LogP contribution < -0.4 is 11.1 Å². The van der Waals surface area contributed by atoms with Crippen molar-refractivity contribution < 1.29 is 29.4 Å². The first-order valence-electron chi connectivity index (χ1n) is 9.51. The van der Waals surface area contributed by atoms with Crippen LogP contribution in [0.4, 0.5) is 0 Å². The number of carbonyl (C=O) groups is 4. The van der Waals surface area contributed by atoms with Gasteiger partial charge in [0, 0.05) is 16.4 Å². The molecule has 2 aliphatic heterocycles. The number of fused-ring (bicyclic) bond motifs is 1. The Morgan fingerprint density at radius 2 is 2.18 bits per heavy atom. The number of hydrogen-bond donors (Lipinski definition) is 5. The topological polar surface area (TPSA) is 192 Å². The summed E-state index contributed by atoms with van der Waals surface area (Å²) in [5.74, 6) is -2.59. The van der Waals surface area contributed by atoms with Gasteiger partial charge >= 0.3 is 11.9 Å². The van der Waals surface area contributed by atoms with Crippen molar-refractivity contribution in [2.45, 2.75) is 29.0 Å². The van der Waals surface area contributed by atoms with Crippen molar-refractivity contribution >= 4 is 58.6 Å². The van der Waals surface area contributed by atoms with Crippen molar-refractivity contribution in [1.82, 2.24) is 25.4 Å². The summed E-state index contributed by atoms with van der Waals surface area (Å²) in [4.78, 5) is 53.8. The molecule has 2 amide bonds. The van der Waals surface area contributed by atoms with Gasteiger partial charge < -0.3 is 21.3 Å². The zero-order valence-electron chi connectivity index (χ0n) is 16.8. The van der Waals surface area contributed by atoms with Gasteiger partial charge in [-0.15, -0.1) is 28.2 Å². The van der Waals surface area contributed by atoms with Gasteiger partial charge in [0.15, 0.2) is 0 Å². The average molecular weight is 511 g/mol. The number of hydrogen-bond acceptors (Lipinski definition) is 10. The highest BCUT2D eigenvalue weighted by molar-refractivity contribution is 8.01. The predicted molar refractivity (Wildman–Crippen MR) is 119 cm³/mol. The number of β-lactam (4-membered cyclic amide) rings is 1. The number of carboxylic acid groups (broad SMARTS) is 2. The molecule has 0 aliphatic carbocycles. The Hall–Kier alpha value is -2.88. The highest BCUT2D eigenvalue weighted by Crippen LogP contribution is 2.41. The van der Waals surface area contributed by atoms with E-state index >= 15 is 0 Å². The predicted octanol–water partition coefficient (Wildman–Crippen LogP) is 0.0240. The first kappa shape index (κ1) is 23.3. The Morgan fingerprint density at radius 1 is 1.39 bits per heavy atom. The van der Waals surface area contributed by atoms with Crippen molar-refractivity contribution in [2.24, 2.45) is 5.73 Å². The van der Waals surface area contributed by atoms with E-state index in [0.29, 0.717) is 16.2 Å². The van der Waals surface area contributed by atoms with E-state index in [2.05, 4.69) is 20.5 Å². The lowest BCUT2D eigenvalue weighted by Crippen LogP contribution is -2.71. The molecule has 6 N–H and O–H groups in total. The first-order chi connectivity index (χ1) is 15.8. The minimum absolute atomic E-state index is 0.120. The monoisotopic (exact) mass is 510 g/mol. The van der Waals surface area contributed by atoms with E-state index in [1.807, 2.05) is 0 Å². The fourth-order valence-corrected chi connectivity index (χ4v) is 6.38. The zero-order chi connectivity index (χ0) is 23.7. The summed E-state index contributed by atoms with van der Waals surface area (Å²) in [5.41, 5.74) is 6.34. The van der Waals surface area contributed by atoms with Crippen molar-refractivity contribution in [1.29, 1.82) is 0 Å². The van der Waals surface area contributed by atoms with E-state index in [1.165, 1.54) is 28.0 Å². The van der Waals surface area contributed by atoms with Crippen molar-refractivity contribution in [2.75, 3.05) is 11.5 Å². The summed E-state index contributed by atoms with van der Waals surface area (Å²) in [5, 5.41) is 29.2. The third-order valence-electron chi connectivity index (χ3n) is 4.89. The summed E-state index contributed by atoms with van der Waals surface area (Å²) >= 11 is 3.81. The molecule has 33 heavy (non-hydrogen) atoms. The molecule has 2 aliphatic rings. The SMILES string of the molecule is NC(C(=O)NC1C(=O)N2C(C(=O)O)=C(CSc3n[nH]c(CC(=O)O)n3)CS[C@H]12)c1cccs1. The normalized spacial score (nSPS) is 20.8. The maximum absolute atomic E-state index is 12.8. The van der Waals surface area contributed by atoms with E-state index in [-0.39, 0.29) is 28.9 Å². The molecule has 4 rings (SSSR count). The number of carboxylic acids is 2. The van der Waals surface area contributed by atoms with Gasteiger partial charge in [0.1, 0.15) is 35.4 Å². The van der Waals surface area contributed by atoms with Crippen LogP contribution in [-0.4, -0.2) is 77.0 Å². The smallest absolute Gasteiger partial charge is 0.352 e. The van der Waals surface area contributed by atoms with Gasteiger partial charge in [-0.05, 0) is 17.0 Å². The molecule has 2 aromatic rings. The van der Waals surface area contributed by atoms with Gasteiger partial charge in [-0.1, -0.05) is 17.8 Å². The number of aromatic nitrogens is 3. The lowest BCUT2D eigenvalue weighted by Gasteiger charge is -2.49. The fraction of sp³-hybridized carbons (Fsp3) is 0.333. The van der Waals surface area contributed by atoms with Crippen LogP contribution >= 0.6 is 34.9 Å². The third-order valence-corrected chi connectivity index (χ3v) is 8.11. The molecule has 0 spiro atoms. The number of aromatic amines is 1. The summed E-state index contributed by atoms with van der Waals surface area (Å²) in [6.45, 7) is 0. The van der Waals surface area contributed by atoms with Gasteiger partial charge in [0.25, 0.3) is 5.91 Å². The summed E-state index contributed by atoms with van der Waals surface area (Å²) < 4.78 is 0. The minimum Gasteiger partial charge on any atom is -0.481 e. The Bertz CT molecular complexity index is 1130. The summed E-state index contributed by atoms with van der Waals surface area (Å²) in [7, 11) is 0. The Kier molecular flexibility index (Phi) is 6.73. The molecule has 2 aromatic heterocycles. The van der Waals surface area contributed by atoms with Crippen LogP contribution in [0, 0.1) is 0 Å². The number of thioether (sulfide) groups is 2. The molecule has 0 radical (unpaired) electrons. The number of rotatable bonds is 9. The Balaban J connectivity index is 1.43. The average Bonchev–Trinajstić information content (AvgIpc) is 3.46. The number of nitrogens with two attached hydrogens (primary N) is 1. The van der Waals surface area contributed by atoms with Crippen LogP contribution in [0.3, 0.4) is 0 Å². The van der Waals surface area contributed by atoms with Gasteiger partial charge in [-0.2, -0.15) is 0 Å². The highest BCUT2D eigenvalue weighted by Gasteiger charge is 2.54. The standard InChI is InChI=1S/C18H18N6O6S3/c19-11(8-2-1-3-31-8)14(27)21-12-15(28)24-13(17(29)30)7(5-32-16(12)24)6-33-18-20-9(22-23-18)4-10(25)26/h1-3,11-12,16H,4-6,19H2,(H,21,27)(H,25,26)(H,29,30)(H,20,22,23)/t11?,12?,16-/m1/s1. The quantitative estimate of drug-likeness (QED) is 0.226. The van der Waals surface area contributed by atoms with Crippen LogP contribution in [0.1, 0.15) is 16.7 Å². The van der Waals surface area contributed by atoms with Gasteiger partial charge in [0.05, 0.1) is 0 Å². The fourth-order valence-electron chi connectivity index (χ4n) is 3.35. The molecule has 0 bridgehead atoms. The summed E-state index contributed by atoms with van der Waals surface area (Å²) in [6.07, 6.45) is -0.306. The second-order valence-electron chi connectivity index (χ2n) is 7.07. The van der Waals surface area contributed by atoms with Crippen LogP contribution in [0.15, 0.2) is 33.9 Å². The first-order valence-corrected chi connectivity index (χ1v) is 12.4. The second kappa shape index (κ2) is 9.54. The molecule has 1 saturated heterocycles. The van der Waals surface area contributed by atoms with Crippen molar-refractivity contribution in [3.8, 4) is 0 Å². The summed E-state index contributed by atoms with van der Waals surface area (Å²) in [6, 6.07) is 1.74. The van der Waals surface area contributed by atoms with E-state index in [4.69, 9.17) is 10.8 Å². The largest absolute Gasteiger partial charge is 0.481 e. The number of nitrogens with one attached hydrogen (secondary N) is 2. The molecule has 3 atom stereocenters. The van der Waals surface area contributed by atoms with Crippen molar-refractivity contribution in [3.05, 3.63) is 39.5 Å². The second-order valence-corrected chi connectivity index (χ2v) is 10.1. The lowest BCUT2D eigenvalue weighted by atomic mass is 10.0. The number of aliphatic carboxylic acids is 2. The van der Waals surface area contributed by atoms with Crippen LogP contribution in [0.25, 0.3) is 0 Å². The number of thiophene rings is 1. The molecule has 2 unspecified atom stereocenters. The molecule has 12 nitrogen and oxygen atoms in total. The van der Waals surface area contributed by atoms with E-state index in [1.54, 1.807) is 17.5 Å². The molecular weight excluding hydrogens is 492 g/mol. The molecule has 174 valence electrons. The number of nitrogens with zero attached hydrogens (tertiary/aromatic N) is 3. The molecule has 0 saturated carbocycles. The third kappa shape index (κ3) is 4.75. The number of H-pyrrole nitrogens is 1. The maximum Gasteiger partial charge on any atom is 0.352 e. The van der Waals surface area contributed by atoms with Gasteiger partial charge in [-0.3, -0.25) is 24.4 Å². The Labute approximate surface area is 199 Å². The molecule has 15 heteroatoms. The zero-order valence-corrected chi connectivity index (χ0v) is 19.2. The van der Waals surface area contributed by atoms with E-state index < -0.39 is 41.2 Å². The maximum atomic E-state index is 12.8. The number of amides is 2. The van der Waals surface area contributed by atoms with Crippen LogP contribution in [-0.2, 0) is 25.6 Å². The molecule has 1 fully saturated rings. The van der Waals surface area contributed by atoms with Gasteiger partial charge in [0.2, 0.25) is 11.1 Å². The number of carbonyl (C=O) groups excluding carboxylic acids is 2. The van der Waals surface area contributed by atoms with Crippen molar-refractivity contribution in [3.63, 3.8) is 0 Å². The van der Waals surface area contributed by atoms with Crippen LogP contribution in [0.5, 0.6) is 0 Å². The Morgan fingerprint density at radius 3 is 2.85 bits per heavy atom. The van der Waals surface area contributed by atoms with Gasteiger partial charge in [-0.25, -0.2) is 9.78 Å². The molecule has 4 heterocycles.